The third kappa shape index (κ3) is 2.32. The van der Waals surface area contributed by atoms with Gasteiger partial charge < -0.3 is 10.5 Å². The Hall–Kier alpha value is -1.58. The van der Waals surface area contributed by atoms with E-state index in [0.29, 0.717) is 17.2 Å². The van der Waals surface area contributed by atoms with E-state index >= 15 is 0 Å². The van der Waals surface area contributed by atoms with Crippen LogP contribution >= 0.6 is 0 Å². The maximum absolute atomic E-state index is 11.2. The zero-order chi connectivity index (χ0) is 11.7. The summed E-state index contributed by atoms with van der Waals surface area (Å²) in [5.41, 5.74) is 6.57. The molecule has 0 saturated heterocycles. The standard InChI is InChI=1S/C12H16N2O2/c1-7(2)10-5-11(16-8-3-4-8)9(6-14-10)12(13)15/h5-8H,3-4H2,1-2H3,(H2,13,15). The first kappa shape index (κ1) is 10.9. The zero-order valence-electron chi connectivity index (χ0n) is 9.56. The van der Waals surface area contributed by atoms with Crippen molar-refractivity contribution in [3.63, 3.8) is 0 Å². The molecule has 1 aliphatic carbocycles. The summed E-state index contributed by atoms with van der Waals surface area (Å²) in [6.45, 7) is 4.10. The van der Waals surface area contributed by atoms with Gasteiger partial charge in [-0.2, -0.15) is 0 Å². The number of pyridine rings is 1. The number of carbonyl (C=O) groups is 1. The molecule has 2 rings (SSSR count). The molecule has 4 heteroatoms. The summed E-state index contributed by atoms with van der Waals surface area (Å²) in [5, 5.41) is 0. The maximum atomic E-state index is 11.2. The third-order valence-electron chi connectivity index (χ3n) is 2.56. The average Bonchev–Trinajstić information content (AvgIpc) is 3.01. The highest BCUT2D eigenvalue weighted by Crippen LogP contribution is 2.30. The van der Waals surface area contributed by atoms with Crippen molar-refractivity contribution in [1.29, 1.82) is 0 Å². The van der Waals surface area contributed by atoms with E-state index in [4.69, 9.17) is 10.5 Å². The SMILES string of the molecule is CC(C)c1cc(OC2CC2)c(C(N)=O)cn1. The largest absolute Gasteiger partial charge is 0.489 e. The van der Waals surface area contributed by atoms with E-state index in [2.05, 4.69) is 4.98 Å². The number of nitrogens with two attached hydrogens (primary N) is 1. The van der Waals surface area contributed by atoms with Crippen LogP contribution in [0.15, 0.2) is 12.3 Å². The first-order valence-corrected chi connectivity index (χ1v) is 5.54. The number of hydrogen-bond donors (Lipinski definition) is 1. The minimum atomic E-state index is -0.488. The van der Waals surface area contributed by atoms with Gasteiger partial charge >= 0.3 is 0 Å². The molecule has 1 aromatic heterocycles. The van der Waals surface area contributed by atoms with Crippen molar-refractivity contribution in [3.05, 3.63) is 23.5 Å². The van der Waals surface area contributed by atoms with Gasteiger partial charge in [-0.25, -0.2) is 0 Å². The molecule has 86 valence electrons. The normalized spacial score (nSPS) is 15.2. The Kier molecular flexibility index (Phi) is 2.81. The second-order valence-corrected chi connectivity index (χ2v) is 4.44. The number of amides is 1. The minimum Gasteiger partial charge on any atom is -0.489 e. The number of nitrogens with zero attached hydrogens (tertiary/aromatic N) is 1. The Balaban J connectivity index is 2.33. The Morgan fingerprint density at radius 2 is 2.25 bits per heavy atom. The number of hydrogen-bond acceptors (Lipinski definition) is 3. The second-order valence-electron chi connectivity index (χ2n) is 4.44. The van der Waals surface area contributed by atoms with Gasteiger partial charge in [0, 0.05) is 18.0 Å². The lowest BCUT2D eigenvalue weighted by molar-refractivity contribution is 0.0995. The lowest BCUT2D eigenvalue weighted by Gasteiger charge is -2.11. The number of aromatic nitrogens is 1. The Morgan fingerprint density at radius 1 is 1.56 bits per heavy atom. The molecule has 2 N–H and O–H groups in total. The molecule has 1 heterocycles. The van der Waals surface area contributed by atoms with Crippen molar-refractivity contribution in [3.8, 4) is 5.75 Å². The van der Waals surface area contributed by atoms with Crippen LogP contribution in [0.25, 0.3) is 0 Å². The second kappa shape index (κ2) is 4.12. The molecule has 4 nitrogen and oxygen atoms in total. The molecule has 0 unspecified atom stereocenters. The molecule has 1 aromatic rings. The van der Waals surface area contributed by atoms with Gasteiger partial charge in [-0.3, -0.25) is 9.78 Å². The third-order valence-corrected chi connectivity index (χ3v) is 2.56. The summed E-state index contributed by atoms with van der Waals surface area (Å²) >= 11 is 0. The Bertz CT molecular complexity index is 411. The van der Waals surface area contributed by atoms with E-state index in [1.807, 2.05) is 19.9 Å². The van der Waals surface area contributed by atoms with Gasteiger partial charge in [0.15, 0.2) is 0 Å². The van der Waals surface area contributed by atoms with E-state index in [9.17, 15) is 4.79 Å². The van der Waals surface area contributed by atoms with Gasteiger partial charge in [0.2, 0.25) is 0 Å². The molecule has 0 radical (unpaired) electrons. The Morgan fingerprint density at radius 3 is 2.75 bits per heavy atom. The van der Waals surface area contributed by atoms with Crippen molar-refractivity contribution in [2.24, 2.45) is 5.73 Å². The lowest BCUT2D eigenvalue weighted by Crippen LogP contribution is -2.14. The molecular formula is C12H16N2O2. The molecule has 1 aliphatic rings. The Labute approximate surface area is 94.8 Å². The molecule has 0 aliphatic heterocycles. The predicted molar refractivity (Wildman–Crippen MR) is 60.5 cm³/mol. The van der Waals surface area contributed by atoms with Gasteiger partial charge in [-0.15, -0.1) is 0 Å². The molecule has 0 aromatic carbocycles. The summed E-state index contributed by atoms with van der Waals surface area (Å²) in [6, 6.07) is 1.82. The summed E-state index contributed by atoms with van der Waals surface area (Å²) in [6.07, 6.45) is 3.87. The fourth-order valence-electron chi connectivity index (χ4n) is 1.42. The van der Waals surface area contributed by atoms with Crippen LogP contribution in [-0.4, -0.2) is 17.0 Å². The van der Waals surface area contributed by atoms with Crippen molar-refractivity contribution in [1.82, 2.24) is 4.98 Å². The molecule has 0 spiro atoms. The van der Waals surface area contributed by atoms with Gasteiger partial charge in [-0.05, 0) is 18.8 Å². The fraction of sp³-hybridized carbons (Fsp3) is 0.500. The van der Waals surface area contributed by atoms with E-state index in [0.717, 1.165) is 18.5 Å². The molecule has 1 saturated carbocycles. The smallest absolute Gasteiger partial charge is 0.254 e. The van der Waals surface area contributed by atoms with Gasteiger partial charge in [0.25, 0.3) is 5.91 Å². The fourth-order valence-corrected chi connectivity index (χ4v) is 1.42. The van der Waals surface area contributed by atoms with E-state index in [-0.39, 0.29) is 6.10 Å². The number of ether oxygens (including phenoxy) is 1. The number of rotatable bonds is 4. The van der Waals surface area contributed by atoms with E-state index < -0.39 is 5.91 Å². The van der Waals surface area contributed by atoms with Crippen molar-refractivity contribution >= 4 is 5.91 Å². The molecule has 1 fully saturated rings. The highest BCUT2D eigenvalue weighted by molar-refractivity contribution is 5.95. The first-order chi connectivity index (χ1) is 7.58. The van der Waals surface area contributed by atoms with Gasteiger partial charge in [-0.1, -0.05) is 13.8 Å². The van der Waals surface area contributed by atoms with Crippen molar-refractivity contribution in [2.45, 2.75) is 38.7 Å². The zero-order valence-corrected chi connectivity index (χ0v) is 9.56. The topological polar surface area (TPSA) is 65.2 Å². The van der Waals surface area contributed by atoms with Crippen LogP contribution in [0.2, 0.25) is 0 Å². The molecule has 16 heavy (non-hydrogen) atoms. The number of primary amides is 1. The molecule has 1 amide bonds. The average molecular weight is 220 g/mol. The van der Waals surface area contributed by atoms with Crippen molar-refractivity contribution in [2.75, 3.05) is 0 Å². The highest BCUT2D eigenvalue weighted by atomic mass is 16.5. The lowest BCUT2D eigenvalue weighted by atomic mass is 10.1. The van der Waals surface area contributed by atoms with Gasteiger partial charge in [0.1, 0.15) is 5.75 Å². The quantitative estimate of drug-likeness (QED) is 0.842. The molecular weight excluding hydrogens is 204 g/mol. The summed E-state index contributed by atoms with van der Waals surface area (Å²) < 4.78 is 5.67. The van der Waals surface area contributed by atoms with Crippen LogP contribution in [0.1, 0.15) is 48.7 Å². The summed E-state index contributed by atoms with van der Waals surface area (Å²) in [7, 11) is 0. The van der Waals surface area contributed by atoms with E-state index in [1.54, 1.807) is 0 Å². The monoisotopic (exact) mass is 220 g/mol. The van der Waals surface area contributed by atoms with Crippen LogP contribution in [-0.2, 0) is 0 Å². The van der Waals surface area contributed by atoms with Crippen molar-refractivity contribution < 1.29 is 9.53 Å². The van der Waals surface area contributed by atoms with Crippen LogP contribution in [0.3, 0.4) is 0 Å². The molecule has 0 bridgehead atoms. The number of carbonyl (C=O) groups excluding carboxylic acids is 1. The predicted octanol–water partition coefficient (Wildman–Crippen LogP) is 1.85. The van der Waals surface area contributed by atoms with E-state index in [1.165, 1.54) is 6.20 Å². The summed E-state index contributed by atoms with van der Waals surface area (Å²) in [4.78, 5) is 15.4. The minimum absolute atomic E-state index is 0.250. The van der Waals surface area contributed by atoms with Crippen LogP contribution in [0, 0.1) is 0 Å². The molecule has 0 atom stereocenters. The summed E-state index contributed by atoms with van der Waals surface area (Å²) in [5.74, 6) is 0.399. The maximum Gasteiger partial charge on any atom is 0.254 e. The van der Waals surface area contributed by atoms with Crippen LogP contribution < -0.4 is 10.5 Å². The van der Waals surface area contributed by atoms with Gasteiger partial charge in [0.05, 0.1) is 11.7 Å². The van der Waals surface area contributed by atoms with Crippen LogP contribution in [0.5, 0.6) is 5.75 Å². The first-order valence-electron chi connectivity index (χ1n) is 5.54. The highest BCUT2D eigenvalue weighted by Gasteiger charge is 2.25. The van der Waals surface area contributed by atoms with Crippen LogP contribution in [0.4, 0.5) is 0 Å².